The average molecular weight is 259 g/mol. The van der Waals surface area contributed by atoms with E-state index in [4.69, 9.17) is 4.74 Å². The standard InChI is InChI=1S/C17H25NO/c1-16(2)8-10-17(3,11-9-16)19-15-6-4-5-14-13(15)7-12-18-14/h4-6,18H,7-12H2,1-3H3. The van der Waals surface area contributed by atoms with Crippen LogP contribution < -0.4 is 10.1 Å². The first-order valence-electron chi connectivity index (χ1n) is 7.52. The van der Waals surface area contributed by atoms with Gasteiger partial charge in [-0.05, 0) is 56.6 Å². The van der Waals surface area contributed by atoms with Crippen molar-refractivity contribution in [2.75, 3.05) is 11.9 Å². The molecular weight excluding hydrogens is 234 g/mol. The fourth-order valence-electron chi connectivity index (χ4n) is 3.23. The molecule has 1 aromatic rings. The van der Waals surface area contributed by atoms with Crippen LogP contribution in [-0.2, 0) is 6.42 Å². The predicted molar refractivity (Wildman–Crippen MR) is 79.9 cm³/mol. The minimum absolute atomic E-state index is 0.0211. The minimum Gasteiger partial charge on any atom is -0.487 e. The first-order chi connectivity index (χ1) is 8.98. The third-order valence-corrected chi connectivity index (χ3v) is 4.84. The molecule has 1 fully saturated rings. The summed E-state index contributed by atoms with van der Waals surface area (Å²) in [4.78, 5) is 0. The molecule has 0 unspecified atom stereocenters. The molecule has 0 aromatic heterocycles. The largest absolute Gasteiger partial charge is 0.487 e. The molecule has 2 heteroatoms. The fourth-order valence-corrected chi connectivity index (χ4v) is 3.23. The summed E-state index contributed by atoms with van der Waals surface area (Å²) in [5.74, 6) is 1.10. The minimum atomic E-state index is 0.0211. The Kier molecular flexibility index (Phi) is 2.99. The molecule has 0 atom stereocenters. The van der Waals surface area contributed by atoms with Crippen LogP contribution in [-0.4, -0.2) is 12.1 Å². The molecule has 0 radical (unpaired) electrons. The Balaban J connectivity index is 1.77. The third-order valence-electron chi connectivity index (χ3n) is 4.84. The molecule has 19 heavy (non-hydrogen) atoms. The van der Waals surface area contributed by atoms with Crippen LogP contribution >= 0.6 is 0 Å². The van der Waals surface area contributed by atoms with Gasteiger partial charge >= 0.3 is 0 Å². The topological polar surface area (TPSA) is 21.3 Å². The molecule has 2 nitrogen and oxygen atoms in total. The van der Waals surface area contributed by atoms with Crippen molar-refractivity contribution in [1.29, 1.82) is 0 Å². The van der Waals surface area contributed by atoms with Gasteiger partial charge in [-0.3, -0.25) is 0 Å². The van der Waals surface area contributed by atoms with Gasteiger partial charge in [0.05, 0.1) is 0 Å². The van der Waals surface area contributed by atoms with Crippen LogP contribution in [0.15, 0.2) is 18.2 Å². The summed E-state index contributed by atoms with van der Waals surface area (Å²) < 4.78 is 6.44. The predicted octanol–water partition coefficient (Wildman–Crippen LogP) is 4.39. The van der Waals surface area contributed by atoms with E-state index in [-0.39, 0.29) is 5.60 Å². The molecule has 0 bridgehead atoms. The van der Waals surface area contributed by atoms with Crippen LogP contribution in [0.1, 0.15) is 52.0 Å². The van der Waals surface area contributed by atoms with Crippen molar-refractivity contribution in [2.45, 2.75) is 58.5 Å². The summed E-state index contributed by atoms with van der Waals surface area (Å²) >= 11 is 0. The maximum absolute atomic E-state index is 6.44. The molecule has 1 aliphatic carbocycles. The lowest BCUT2D eigenvalue weighted by molar-refractivity contribution is 0.0120. The van der Waals surface area contributed by atoms with Gasteiger partial charge in [0.1, 0.15) is 11.4 Å². The highest BCUT2D eigenvalue weighted by molar-refractivity contribution is 5.61. The fraction of sp³-hybridized carbons (Fsp3) is 0.647. The zero-order valence-corrected chi connectivity index (χ0v) is 12.4. The first-order valence-corrected chi connectivity index (χ1v) is 7.52. The van der Waals surface area contributed by atoms with Crippen LogP contribution in [0.4, 0.5) is 5.69 Å². The average Bonchev–Trinajstić information content (AvgIpc) is 2.83. The molecule has 1 N–H and O–H groups in total. The summed E-state index contributed by atoms with van der Waals surface area (Å²) in [7, 11) is 0. The van der Waals surface area contributed by atoms with E-state index in [2.05, 4.69) is 44.3 Å². The van der Waals surface area contributed by atoms with Crippen molar-refractivity contribution in [3.63, 3.8) is 0 Å². The van der Waals surface area contributed by atoms with Crippen LogP contribution in [0.5, 0.6) is 5.75 Å². The van der Waals surface area contributed by atoms with Gasteiger partial charge in [0.15, 0.2) is 0 Å². The lowest BCUT2D eigenvalue weighted by Gasteiger charge is -2.41. The van der Waals surface area contributed by atoms with Crippen LogP contribution in [0.3, 0.4) is 0 Å². The Morgan fingerprint density at radius 2 is 1.79 bits per heavy atom. The van der Waals surface area contributed by atoms with Gasteiger partial charge in [-0.1, -0.05) is 19.9 Å². The molecule has 104 valence electrons. The molecule has 3 rings (SSSR count). The normalized spacial score (nSPS) is 23.5. The third kappa shape index (κ3) is 2.58. The van der Waals surface area contributed by atoms with E-state index in [9.17, 15) is 0 Å². The van der Waals surface area contributed by atoms with Gasteiger partial charge in [-0.25, -0.2) is 0 Å². The van der Waals surface area contributed by atoms with E-state index in [0.717, 1.165) is 31.6 Å². The van der Waals surface area contributed by atoms with Crippen LogP contribution in [0.25, 0.3) is 0 Å². The van der Waals surface area contributed by atoms with E-state index in [1.54, 1.807) is 0 Å². The molecule has 1 aromatic carbocycles. The van der Waals surface area contributed by atoms with E-state index in [1.807, 2.05) is 0 Å². The van der Waals surface area contributed by atoms with Crippen LogP contribution in [0, 0.1) is 5.41 Å². The van der Waals surface area contributed by atoms with Crippen molar-refractivity contribution in [1.82, 2.24) is 0 Å². The highest BCUT2D eigenvalue weighted by Gasteiger charge is 2.37. The van der Waals surface area contributed by atoms with Crippen LogP contribution in [0.2, 0.25) is 0 Å². The smallest absolute Gasteiger partial charge is 0.125 e. The molecule has 1 aliphatic heterocycles. The summed E-state index contributed by atoms with van der Waals surface area (Å²) in [6.07, 6.45) is 5.94. The molecule has 0 saturated heterocycles. The summed E-state index contributed by atoms with van der Waals surface area (Å²) in [6.45, 7) is 8.07. The molecule has 1 saturated carbocycles. The summed E-state index contributed by atoms with van der Waals surface area (Å²) in [5.41, 5.74) is 3.14. The quantitative estimate of drug-likeness (QED) is 0.850. The Morgan fingerprint density at radius 1 is 1.05 bits per heavy atom. The number of nitrogens with one attached hydrogen (secondary N) is 1. The molecule has 0 spiro atoms. The lowest BCUT2D eigenvalue weighted by Crippen LogP contribution is -2.39. The first kappa shape index (κ1) is 12.8. The maximum Gasteiger partial charge on any atom is 0.125 e. The Bertz CT molecular complexity index is 468. The van der Waals surface area contributed by atoms with Gasteiger partial charge in [0, 0.05) is 17.8 Å². The van der Waals surface area contributed by atoms with Crippen molar-refractivity contribution in [2.24, 2.45) is 5.41 Å². The highest BCUT2D eigenvalue weighted by atomic mass is 16.5. The second-order valence-electron chi connectivity index (χ2n) is 7.18. The number of hydrogen-bond donors (Lipinski definition) is 1. The van der Waals surface area contributed by atoms with Crippen molar-refractivity contribution < 1.29 is 4.74 Å². The number of ether oxygens (including phenoxy) is 1. The van der Waals surface area contributed by atoms with Gasteiger partial charge in [0.2, 0.25) is 0 Å². The number of fused-ring (bicyclic) bond motifs is 1. The molecular formula is C17H25NO. The second kappa shape index (κ2) is 4.43. The highest BCUT2D eigenvalue weighted by Crippen LogP contribution is 2.43. The number of benzene rings is 1. The van der Waals surface area contributed by atoms with Gasteiger partial charge in [0.25, 0.3) is 0 Å². The monoisotopic (exact) mass is 259 g/mol. The van der Waals surface area contributed by atoms with E-state index in [0.29, 0.717) is 5.41 Å². The zero-order valence-electron chi connectivity index (χ0n) is 12.4. The Hall–Kier alpha value is -1.18. The summed E-state index contributed by atoms with van der Waals surface area (Å²) in [5, 5.41) is 3.42. The zero-order chi connectivity index (χ0) is 13.5. The number of hydrogen-bond acceptors (Lipinski definition) is 2. The van der Waals surface area contributed by atoms with Crippen molar-refractivity contribution >= 4 is 5.69 Å². The van der Waals surface area contributed by atoms with Crippen molar-refractivity contribution in [3.8, 4) is 5.75 Å². The van der Waals surface area contributed by atoms with Gasteiger partial charge in [-0.2, -0.15) is 0 Å². The second-order valence-corrected chi connectivity index (χ2v) is 7.18. The SMILES string of the molecule is CC1(C)CCC(C)(Oc2cccc3c2CCN3)CC1. The van der Waals surface area contributed by atoms with E-state index >= 15 is 0 Å². The lowest BCUT2D eigenvalue weighted by atomic mass is 9.71. The molecule has 0 amide bonds. The van der Waals surface area contributed by atoms with Gasteiger partial charge in [-0.15, -0.1) is 0 Å². The summed E-state index contributed by atoms with van der Waals surface area (Å²) in [6, 6.07) is 6.39. The Morgan fingerprint density at radius 3 is 2.53 bits per heavy atom. The van der Waals surface area contributed by atoms with Crippen molar-refractivity contribution in [3.05, 3.63) is 23.8 Å². The van der Waals surface area contributed by atoms with E-state index in [1.165, 1.54) is 24.1 Å². The molecule has 2 aliphatic rings. The Labute approximate surface area is 116 Å². The maximum atomic E-state index is 6.44. The molecule has 1 heterocycles. The number of anilines is 1. The van der Waals surface area contributed by atoms with E-state index < -0.39 is 0 Å². The van der Waals surface area contributed by atoms with Gasteiger partial charge < -0.3 is 10.1 Å². The number of rotatable bonds is 2.